The van der Waals surface area contributed by atoms with E-state index in [0.29, 0.717) is 26.2 Å². The quantitative estimate of drug-likeness (QED) is 0.145. The Labute approximate surface area is 199 Å². The minimum Gasteiger partial charge on any atom is -0.482 e. The second-order valence-electron chi connectivity index (χ2n) is 6.86. The molecule has 3 rings (SSSR count). The van der Waals surface area contributed by atoms with Crippen molar-refractivity contribution in [2.75, 3.05) is 26.4 Å². The fourth-order valence-corrected chi connectivity index (χ4v) is 4.47. The molecule has 1 atom stereocenters. The lowest BCUT2D eigenvalue weighted by molar-refractivity contribution is -0.146. The van der Waals surface area contributed by atoms with E-state index in [1.165, 1.54) is 11.3 Å². The van der Waals surface area contributed by atoms with E-state index in [4.69, 9.17) is 25.8 Å². The SMILES string of the molecule is C=CCOCC(CNC(=O)COc1ccc(Cl)c2c(=O)c3ccccc3sc12)OC(=O)C=C. The Bertz CT molecular complexity index is 1250. The Balaban J connectivity index is 1.70. The van der Waals surface area contributed by atoms with Gasteiger partial charge < -0.3 is 19.5 Å². The number of benzene rings is 2. The van der Waals surface area contributed by atoms with Gasteiger partial charge in [0.1, 0.15) is 11.9 Å². The predicted octanol–water partition coefficient (Wildman–Crippen LogP) is 3.86. The first-order valence-electron chi connectivity index (χ1n) is 9.99. The van der Waals surface area contributed by atoms with Gasteiger partial charge in [0.05, 0.1) is 34.9 Å². The molecule has 1 amide bonds. The molecule has 2 aromatic carbocycles. The van der Waals surface area contributed by atoms with Crippen LogP contribution in [-0.2, 0) is 19.1 Å². The number of esters is 1. The maximum atomic E-state index is 12.9. The van der Waals surface area contributed by atoms with Crippen LogP contribution >= 0.6 is 22.9 Å². The molecule has 0 spiro atoms. The summed E-state index contributed by atoms with van der Waals surface area (Å²) in [6.45, 7) is 6.98. The molecule has 1 N–H and O–H groups in total. The molecule has 0 fully saturated rings. The highest BCUT2D eigenvalue weighted by Gasteiger charge is 2.17. The summed E-state index contributed by atoms with van der Waals surface area (Å²) in [5.41, 5.74) is -0.189. The highest BCUT2D eigenvalue weighted by Crippen LogP contribution is 2.35. The molecule has 0 bridgehead atoms. The van der Waals surface area contributed by atoms with Crippen molar-refractivity contribution in [2.45, 2.75) is 6.10 Å². The first kappa shape index (κ1) is 24.4. The van der Waals surface area contributed by atoms with E-state index in [1.54, 1.807) is 30.3 Å². The summed E-state index contributed by atoms with van der Waals surface area (Å²) in [6, 6.07) is 10.4. The highest BCUT2D eigenvalue weighted by molar-refractivity contribution is 7.25. The summed E-state index contributed by atoms with van der Waals surface area (Å²) in [7, 11) is 0. The normalized spacial score (nSPS) is 11.7. The molecule has 172 valence electrons. The summed E-state index contributed by atoms with van der Waals surface area (Å²) in [5.74, 6) is -0.682. The average molecular weight is 488 g/mol. The van der Waals surface area contributed by atoms with E-state index in [0.717, 1.165) is 10.8 Å². The minimum atomic E-state index is -0.702. The lowest BCUT2D eigenvalue weighted by Crippen LogP contribution is -2.39. The summed E-state index contributed by atoms with van der Waals surface area (Å²) in [4.78, 5) is 36.8. The predicted molar refractivity (Wildman–Crippen MR) is 130 cm³/mol. The molecule has 9 heteroatoms. The molecule has 0 aliphatic rings. The molecular weight excluding hydrogens is 466 g/mol. The van der Waals surface area contributed by atoms with Gasteiger partial charge in [-0.1, -0.05) is 36.4 Å². The van der Waals surface area contributed by atoms with Crippen molar-refractivity contribution < 1.29 is 23.8 Å². The van der Waals surface area contributed by atoms with E-state index < -0.39 is 18.0 Å². The monoisotopic (exact) mass is 487 g/mol. The van der Waals surface area contributed by atoms with Crippen molar-refractivity contribution >= 4 is 55.0 Å². The first-order valence-corrected chi connectivity index (χ1v) is 11.2. The van der Waals surface area contributed by atoms with Crippen LogP contribution in [0, 0.1) is 0 Å². The fourth-order valence-electron chi connectivity index (χ4n) is 3.01. The van der Waals surface area contributed by atoms with Gasteiger partial charge in [-0.25, -0.2) is 4.79 Å². The highest BCUT2D eigenvalue weighted by atomic mass is 35.5. The van der Waals surface area contributed by atoms with E-state index in [1.807, 2.05) is 12.1 Å². The molecule has 0 saturated heterocycles. The number of amides is 1. The van der Waals surface area contributed by atoms with Gasteiger partial charge in [-0.3, -0.25) is 9.59 Å². The Kier molecular flexibility index (Phi) is 8.59. The fraction of sp³-hybridized carbons (Fsp3) is 0.208. The van der Waals surface area contributed by atoms with Gasteiger partial charge in [-0.15, -0.1) is 17.9 Å². The van der Waals surface area contributed by atoms with Crippen molar-refractivity contribution in [2.24, 2.45) is 0 Å². The van der Waals surface area contributed by atoms with Gasteiger partial charge >= 0.3 is 5.97 Å². The maximum Gasteiger partial charge on any atom is 0.330 e. The molecule has 33 heavy (non-hydrogen) atoms. The second kappa shape index (κ2) is 11.6. The number of carbonyl (C=O) groups excluding carboxylic acids is 2. The zero-order valence-corrected chi connectivity index (χ0v) is 19.2. The molecule has 0 aliphatic carbocycles. The molecule has 0 aliphatic heterocycles. The lowest BCUT2D eigenvalue weighted by atomic mass is 10.2. The van der Waals surface area contributed by atoms with Crippen LogP contribution in [-0.4, -0.2) is 44.3 Å². The smallest absolute Gasteiger partial charge is 0.330 e. The van der Waals surface area contributed by atoms with Crippen LogP contribution in [0.3, 0.4) is 0 Å². The minimum absolute atomic E-state index is 0.0260. The molecule has 1 heterocycles. The van der Waals surface area contributed by atoms with Crippen molar-refractivity contribution in [3.8, 4) is 5.75 Å². The van der Waals surface area contributed by atoms with Crippen LogP contribution < -0.4 is 15.5 Å². The van der Waals surface area contributed by atoms with E-state index in [-0.39, 0.29) is 31.8 Å². The number of rotatable bonds is 11. The van der Waals surface area contributed by atoms with Crippen LogP contribution in [0.1, 0.15) is 0 Å². The number of ether oxygens (including phenoxy) is 3. The summed E-state index contributed by atoms with van der Waals surface area (Å²) < 4.78 is 17.5. The molecule has 3 aromatic rings. The first-order chi connectivity index (χ1) is 15.9. The number of hydrogen-bond acceptors (Lipinski definition) is 7. The third kappa shape index (κ3) is 6.19. The second-order valence-corrected chi connectivity index (χ2v) is 8.32. The molecule has 1 unspecified atom stereocenters. The number of halogens is 1. The van der Waals surface area contributed by atoms with Gasteiger partial charge in [0, 0.05) is 16.2 Å². The molecule has 0 saturated carbocycles. The molecule has 1 aromatic heterocycles. The van der Waals surface area contributed by atoms with Crippen molar-refractivity contribution in [1.29, 1.82) is 0 Å². The Morgan fingerprint density at radius 1 is 1.18 bits per heavy atom. The number of fused-ring (bicyclic) bond motifs is 2. The van der Waals surface area contributed by atoms with E-state index >= 15 is 0 Å². The zero-order valence-electron chi connectivity index (χ0n) is 17.7. The van der Waals surface area contributed by atoms with Crippen molar-refractivity contribution in [1.82, 2.24) is 5.32 Å². The van der Waals surface area contributed by atoms with Crippen LogP contribution in [0.15, 0.2) is 66.5 Å². The number of nitrogens with one attached hydrogen (secondary N) is 1. The largest absolute Gasteiger partial charge is 0.482 e. The van der Waals surface area contributed by atoms with Gasteiger partial charge in [0.15, 0.2) is 12.0 Å². The molecular formula is C24H22ClNO6S. The molecule has 0 radical (unpaired) electrons. The maximum absolute atomic E-state index is 12.9. The Morgan fingerprint density at radius 3 is 2.73 bits per heavy atom. The molecule has 7 nitrogen and oxygen atoms in total. The Hall–Kier alpha value is -3.20. The standard InChI is InChI=1S/C24H22ClNO6S/c1-3-11-30-13-15(32-21(28)4-2)12-26-20(27)14-31-18-10-9-17(25)22-23(29)16-7-5-6-8-19(16)33-24(18)22/h3-10,15H,1-2,11-14H2,(H,26,27). The number of carbonyl (C=O) groups is 2. The van der Waals surface area contributed by atoms with Gasteiger partial charge in [0.2, 0.25) is 0 Å². The summed E-state index contributed by atoms with van der Waals surface area (Å²) in [6.07, 6.45) is 1.89. The van der Waals surface area contributed by atoms with Gasteiger partial charge in [-0.05, 0) is 24.3 Å². The van der Waals surface area contributed by atoms with E-state index in [9.17, 15) is 14.4 Å². The van der Waals surface area contributed by atoms with E-state index in [2.05, 4.69) is 18.5 Å². The van der Waals surface area contributed by atoms with Gasteiger partial charge in [0.25, 0.3) is 5.91 Å². The lowest BCUT2D eigenvalue weighted by Gasteiger charge is -2.18. The van der Waals surface area contributed by atoms with Crippen LogP contribution in [0.4, 0.5) is 0 Å². The van der Waals surface area contributed by atoms with Crippen molar-refractivity contribution in [3.63, 3.8) is 0 Å². The van der Waals surface area contributed by atoms with Gasteiger partial charge in [-0.2, -0.15) is 0 Å². The Morgan fingerprint density at radius 2 is 1.97 bits per heavy atom. The van der Waals surface area contributed by atoms with Crippen molar-refractivity contribution in [3.05, 3.63) is 77.0 Å². The summed E-state index contributed by atoms with van der Waals surface area (Å²) >= 11 is 7.66. The third-order valence-corrected chi connectivity index (χ3v) is 6.02. The van der Waals surface area contributed by atoms with Crippen LogP contribution in [0.2, 0.25) is 5.02 Å². The van der Waals surface area contributed by atoms with Crippen LogP contribution in [0.5, 0.6) is 5.75 Å². The third-order valence-electron chi connectivity index (χ3n) is 4.52. The average Bonchev–Trinajstić information content (AvgIpc) is 2.82. The topological polar surface area (TPSA) is 90.9 Å². The van der Waals surface area contributed by atoms with Crippen LogP contribution in [0.25, 0.3) is 20.2 Å². The zero-order chi connectivity index (χ0) is 23.8. The summed E-state index contributed by atoms with van der Waals surface area (Å²) in [5, 5.41) is 3.89. The number of hydrogen-bond donors (Lipinski definition) is 1.